The molecule has 114 valence electrons. The second-order valence-corrected chi connectivity index (χ2v) is 5.41. The van der Waals surface area contributed by atoms with Crippen LogP contribution in [-0.2, 0) is 0 Å². The van der Waals surface area contributed by atoms with Gasteiger partial charge in [-0.25, -0.2) is 0 Å². The minimum atomic E-state index is -0.506. The summed E-state index contributed by atoms with van der Waals surface area (Å²) in [5.41, 5.74) is 0.449. The third-order valence-electron chi connectivity index (χ3n) is 4.00. The molecule has 1 saturated heterocycles. The van der Waals surface area contributed by atoms with Gasteiger partial charge in [-0.2, -0.15) is 0 Å². The number of likely N-dealkylation sites (tertiary alicyclic amines) is 1. The van der Waals surface area contributed by atoms with Crippen LogP contribution in [0.5, 0.6) is 0 Å². The topological polar surface area (TPSA) is 83.7 Å². The maximum Gasteiger partial charge on any atom is 0.285 e. The van der Waals surface area contributed by atoms with Crippen LogP contribution >= 0.6 is 0 Å². The number of carbonyl (C=O) groups excluding carboxylic acids is 1. The summed E-state index contributed by atoms with van der Waals surface area (Å²) in [4.78, 5) is 25.0. The summed E-state index contributed by atoms with van der Waals surface area (Å²) in [5.74, 6) is -0.355. The lowest BCUT2D eigenvalue weighted by molar-refractivity contribution is -0.385. The number of amides is 1. The molecule has 1 amide bonds. The molecule has 0 radical (unpaired) electrons. The highest BCUT2D eigenvalue weighted by atomic mass is 16.6. The Balaban J connectivity index is 2.38. The van der Waals surface area contributed by atoms with Gasteiger partial charge in [0.05, 0.1) is 17.6 Å². The first-order valence-electron chi connectivity index (χ1n) is 7.22. The number of hydrogen-bond donors (Lipinski definition) is 1. The number of nitro groups is 1. The molecule has 0 saturated carbocycles. The molecule has 1 atom stereocenters. The number of aliphatic hydroxyl groups is 1. The van der Waals surface area contributed by atoms with Crippen LogP contribution in [-0.4, -0.2) is 40.0 Å². The van der Waals surface area contributed by atoms with Crippen molar-refractivity contribution in [2.45, 2.75) is 38.6 Å². The molecule has 1 unspecified atom stereocenters. The van der Waals surface area contributed by atoms with Gasteiger partial charge in [-0.3, -0.25) is 14.9 Å². The molecule has 2 rings (SSSR count). The average molecular weight is 292 g/mol. The lowest BCUT2D eigenvalue weighted by Crippen LogP contribution is -2.42. The SMILES string of the molecule is Cc1cccc(C(=O)N2CCCCCC2CO)c1[N+](=O)[O-]. The van der Waals surface area contributed by atoms with Crippen molar-refractivity contribution >= 4 is 11.6 Å². The minimum absolute atomic E-state index is 0.106. The van der Waals surface area contributed by atoms with Crippen molar-refractivity contribution in [3.8, 4) is 0 Å². The third kappa shape index (κ3) is 3.21. The van der Waals surface area contributed by atoms with E-state index in [1.807, 2.05) is 0 Å². The fraction of sp³-hybridized carbons (Fsp3) is 0.533. The Labute approximate surface area is 123 Å². The van der Waals surface area contributed by atoms with Crippen molar-refractivity contribution in [3.63, 3.8) is 0 Å². The molecule has 1 aromatic carbocycles. The lowest BCUT2D eigenvalue weighted by Gasteiger charge is -2.28. The van der Waals surface area contributed by atoms with Crippen LogP contribution in [0.1, 0.15) is 41.6 Å². The number of hydrogen-bond acceptors (Lipinski definition) is 4. The molecule has 0 spiro atoms. The molecule has 1 fully saturated rings. The Morgan fingerprint density at radius 2 is 2.19 bits per heavy atom. The zero-order chi connectivity index (χ0) is 15.4. The van der Waals surface area contributed by atoms with Crippen molar-refractivity contribution in [3.05, 3.63) is 39.4 Å². The number of para-hydroxylation sites is 1. The molecular weight excluding hydrogens is 272 g/mol. The van der Waals surface area contributed by atoms with Gasteiger partial charge in [0.2, 0.25) is 0 Å². The summed E-state index contributed by atoms with van der Waals surface area (Å²) < 4.78 is 0. The van der Waals surface area contributed by atoms with Gasteiger partial charge in [-0.15, -0.1) is 0 Å². The second-order valence-electron chi connectivity index (χ2n) is 5.41. The van der Waals surface area contributed by atoms with Crippen molar-refractivity contribution in [2.75, 3.05) is 13.2 Å². The smallest absolute Gasteiger partial charge is 0.285 e. The van der Waals surface area contributed by atoms with Gasteiger partial charge in [0.1, 0.15) is 5.56 Å². The summed E-state index contributed by atoms with van der Waals surface area (Å²) in [7, 11) is 0. The van der Waals surface area contributed by atoms with Crippen LogP contribution in [0, 0.1) is 17.0 Å². The van der Waals surface area contributed by atoms with Gasteiger partial charge in [-0.05, 0) is 25.8 Å². The van der Waals surface area contributed by atoms with E-state index in [9.17, 15) is 20.0 Å². The molecule has 1 heterocycles. The Kier molecular flexibility index (Phi) is 4.90. The van der Waals surface area contributed by atoms with Crippen LogP contribution in [0.4, 0.5) is 5.69 Å². The van der Waals surface area contributed by atoms with Gasteiger partial charge < -0.3 is 10.0 Å². The van der Waals surface area contributed by atoms with Crippen molar-refractivity contribution in [1.82, 2.24) is 4.90 Å². The van der Waals surface area contributed by atoms with E-state index in [1.165, 1.54) is 6.07 Å². The predicted molar refractivity (Wildman–Crippen MR) is 78.2 cm³/mol. The van der Waals surface area contributed by atoms with E-state index in [4.69, 9.17) is 0 Å². The van der Waals surface area contributed by atoms with Gasteiger partial charge in [0, 0.05) is 12.1 Å². The van der Waals surface area contributed by atoms with Crippen molar-refractivity contribution in [2.24, 2.45) is 0 Å². The second kappa shape index (κ2) is 6.67. The number of aryl methyl sites for hydroxylation is 1. The monoisotopic (exact) mass is 292 g/mol. The maximum atomic E-state index is 12.7. The largest absolute Gasteiger partial charge is 0.394 e. The molecule has 1 aliphatic heterocycles. The molecule has 1 aromatic rings. The first kappa shape index (κ1) is 15.4. The fourth-order valence-electron chi connectivity index (χ4n) is 2.86. The molecule has 6 heteroatoms. The molecule has 1 aliphatic rings. The highest BCUT2D eigenvalue weighted by Gasteiger charge is 2.30. The van der Waals surface area contributed by atoms with E-state index in [-0.39, 0.29) is 29.8 Å². The number of rotatable bonds is 3. The maximum absolute atomic E-state index is 12.7. The first-order valence-corrected chi connectivity index (χ1v) is 7.22. The van der Waals surface area contributed by atoms with E-state index < -0.39 is 4.92 Å². The molecule has 6 nitrogen and oxygen atoms in total. The number of aliphatic hydroxyl groups excluding tert-OH is 1. The first-order chi connectivity index (χ1) is 10.1. The minimum Gasteiger partial charge on any atom is -0.394 e. The number of carbonyl (C=O) groups is 1. The highest BCUT2D eigenvalue weighted by Crippen LogP contribution is 2.27. The molecule has 0 aliphatic carbocycles. The molecule has 1 N–H and O–H groups in total. The zero-order valence-corrected chi connectivity index (χ0v) is 12.1. The van der Waals surface area contributed by atoms with Gasteiger partial charge in [0.25, 0.3) is 11.6 Å². The number of nitrogens with zero attached hydrogens (tertiary/aromatic N) is 2. The summed E-state index contributed by atoms with van der Waals surface area (Å²) in [6.07, 6.45) is 3.57. The zero-order valence-electron chi connectivity index (χ0n) is 12.1. The van der Waals surface area contributed by atoms with Crippen LogP contribution in [0.3, 0.4) is 0 Å². The van der Waals surface area contributed by atoms with Gasteiger partial charge in [-0.1, -0.05) is 25.0 Å². The van der Waals surface area contributed by atoms with Crippen LogP contribution in [0.25, 0.3) is 0 Å². The summed E-state index contributed by atoms with van der Waals surface area (Å²) in [6, 6.07) is 4.52. The van der Waals surface area contributed by atoms with Crippen LogP contribution in [0.15, 0.2) is 18.2 Å². The lowest BCUT2D eigenvalue weighted by atomic mass is 10.1. The van der Waals surface area contributed by atoms with E-state index in [1.54, 1.807) is 24.0 Å². The highest BCUT2D eigenvalue weighted by molar-refractivity contribution is 5.98. The molecular formula is C15H20N2O4. The number of benzene rings is 1. The molecule has 0 bridgehead atoms. The van der Waals surface area contributed by atoms with Crippen molar-refractivity contribution < 1.29 is 14.8 Å². The van der Waals surface area contributed by atoms with E-state index in [0.29, 0.717) is 12.1 Å². The molecule has 0 aromatic heterocycles. The Hall–Kier alpha value is -1.95. The van der Waals surface area contributed by atoms with Crippen LogP contribution < -0.4 is 0 Å². The van der Waals surface area contributed by atoms with Crippen LogP contribution in [0.2, 0.25) is 0 Å². The van der Waals surface area contributed by atoms with Crippen molar-refractivity contribution in [1.29, 1.82) is 0 Å². The number of nitro benzene ring substituents is 1. The normalized spacial score (nSPS) is 19.1. The summed E-state index contributed by atoms with van der Waals surface area (Å²) >= 11 is 0. The van der Waals surface area contributed by atoms with E-state index >= 15 is 0 Å². The standard InChI is InChI=1S/C15H20N2O4/c1-11-6-5-8-13(14(11)17(20)21)15(19)16-9-4-2-3-7-12(16)10-18/h5-6,8,12,18H,2-4,7,9-10H2,1H3. The van der Waals surface area contributed by atoms with Gasteiger partial charge >= 0.3 is 0 Å². The Morgan fingerprint density at radius 3 is 2.86 bits per heavy atom. The van der Waals surface area contributed by atoms with E-state index in [2.05, 4.69) is 0 Å². The quantitative estimate of drug-likeness (QED) is 0.684. The summed E-state index contributed by atoms with van der Waals surface area (Å²) in [5, 5.41) is 20.7. The van der Waals surface area contributed by atoms with E-state index in [0.717, 1.165) is 25.7 Å². The van der Waals surface area contributed by atoms with Gasteiger partial charge in [0.15, 0.2) is 0 Å². The summed E-state index contributed by atoms with van der Waals surface area (Å²) in [6.45, 7) is 2.06. The third-order valence-corrected chi connectivity index (χ3v) is 4.00. The molecule has 21 heavy (non-hydrogen) atoms. The fourth-order valence-corrected chi connectivity index (χ4v) is 2.86. The Bertz CT molecular complexity index is 544. The predicted octanol–water partition coefficient (Wildman–Crippen LogP) is 2.28. The Morgan fingerprint density at radius 1 is 1.43 bits per heavy atom. The average Bonchev–Trinajstić information content (AvgIpc) is 2.70.